The lowest BCUT2D eigenvalue weighted by Crippen LogP contribution is -2.52. The Labute approximate surface area is 292 Å². The summed E-state index contributed by atoms with van der Waals surface area (Å²) in [5, 5.41) is 16.5. The second-order valence-electron chi connectivity index (χ2n) is 12.9. The highest BCUT2D eigenvalue weighted by atomic mass is 19.4. The van der Waals surface area contributed by atoms with Gasteiger partial charge in [0.2, 0.25) is 0 Å². The predicted octanol–water partition coefficient (Wildman–Crippen LogP) is 5.94. The molecule has 1 saturated carbocycles. The number of nitrogens with zero attached hydrogens (tertiary/aromatic N) is 8. The minimum absolute atomic E-state index is 0.00610. The second kappa shape index (κ2) is 14.0. The number of nitrogens with one attached hydrogen (secondary N) is 2. The summed E-state index contributed by atoms with van der Waals surface area (Å²) < 4.78 is 96.7. The number of carbonyl (C=O) groups is 1. The number of hydrogen-bond acceptors (Lipinski definition) is 8. The van der Waals surface area contributed by atoms with Crippen LogP contribution in [0, 0.1) is 5.41 Å². The van der Waals surface area contributed by atoms with Crippen molar-refractivity contribution in [1.82, 2.24) is 44.3 Å². The summed E-state index contributed by atoms with van der Waals surface area (Å²) in [6, 6.07) is 6.77. The lowest BCUT2D eigenvalue weighted by atomic mass is 9.86. The van der Waals surface area contributed by atoms with Crippen LogP contribution in [0.5, 0.6) is 0 Å². The molecular formula is C34H34F6N10O2. The maximum absolute atomic E-state index is 14.7. The summed E-state index contributed by atoms with van der Waals surface area (Å²) in [6.07, 6.45) is -2.82. The molecule has 12 nitrogen and oxygen atoms in total. The zero-order valence-corrected chi connectivity index (χ0v) is 27.6. The molecule has 0 spiro atoms. The Hall–Kier alpha value is -5.26. The molecule has 1 amide bonds. The van der Waals surface area contributed by atoms with Crippen molar-refractivity contribution in [3.63, 3.8) is 0 Å². The van der Waals surface area contributed by atoms with Crippen molar-refractivity contribution in [3.8, 4) is 0 Å². The number of aromatic nitrogens is 7. The van der Waals surface area contributed by atoms with E-state index in [-0.39, 0.29) is 61.1 Å². The summed E-state index contributed by atoms with van der Waals surface area (Å²) in [6.45, 7) is 0.249. The van der Waals surface area contributed by atoms with E-state index in [1.54, 1.807) is 9.47 Å². The van der Waals surface area contributed by atoms with Crippen LogP contribution in [0.1, 0.15) is 65.7 Å². The monoisotopic (exact) mass is 728 g/mol. The van der Waals surface area contributed by atoms with E-state index in [0.29, 0.717) is 11.2 Å². The fourth-order valence-electron chi connectivity index (χ4n) is 7.19. The third kappa shape index (κ3) is 7.11. The summed E-state index contributed by atoms with van der Waals surface area (Å²) >= 11 is 0. The van der Waals surface area contributed by atoms with Gasteiger partial charge in [-0.05, 0) is 48.9 Å². The van der Waals surface area contributed by atoms with E-state index in [1.165, 1.54) is 64.8 Å². The molecular weight excluding hydrogens is 694 g/mol. The summed E-state index contributed by atoms with van der Waals surface area (Å²) in [5.74, 6) is 0. The average Bonchev–Trinajstić information content (AvgIpc) is 3.91. The van der Waals surface area contributed by atoms with Crippen LogP contribution in [0.15, 0.2) is 67.4 Å². The highest BCUT2D eigenvalue weighted by Gasteiger charge is 2.44. The van der Waals surface area contributed by atoms with Crippen LogP contribution in [0.2, 0.25) is 0 Å². The van der Waals surface area contributed by atoms with Crippen LogP contribution in [-0.2, 0) is 23.6 Å². The molecule has 18 heteroatoms. The van der Waals surface area contributed by atoms with Gasteiger partial charge in [0.05, 0.1) is 48.6 Å². The molecule has 2 fully saturated rings. The molecule has 7 rings (SSSR count). The van der Waals surface area contributed by atoms with Gasteiger partial charge >= 0.3 is 18.4 Å². The maximum Gasteiger partial charge on any atom is 0.416 e. The molecule has 2 aromatic carbocycles. The molecule has 1 saturated heterocycles. The van der Waals surface area contributed by atoms with Gasteiger partial charge in [-0.25, -0.2) is 19.4 Å². The maximum atomic E-state index is 14.7. The van der Waals surface area contributed by atoms with E-state index in [1.807, 2.05) is 0 Å². The van der Waals surface area contributed by atoms with E-state index in [0.717, 1.165) is 37.8 Å². The summed E-state index contributed by atoms with van der Waals surface area (Å²) in [7, 11) is 0. The third-order valence-corrected chi connectivity index (χ3v) is 9.63. The van der Waals surface area contributed by atoms with E-state index in [2.05, 4.69) is 25.3 Å². The van der Waals surface area contributed by atoms with Crippen LogP contribution in [-0.4, -0.2) is 82.7 Å². The number of hydrogen-bond donors (Lipinski definition) is 2. The van der Waals surface area contributed by atoms with E-state index in [4.69, 9.17) is 10.1 Å². The van der Waals surface area contributed by atoms with Crippen LogP contribution in [0.25, 0.3) is 11.2 Å². The number of H-pyrrole nitrogens is 1. The number of alkyl halides is 6. The number of aromatic amines is 1. The largest absolute Gasteiger partial charge is 0.446 e. The van der Waals surface area contributed by atoms with E-state index in [9.17, 15) is 31.1 Å². The number of piperazine rings is 1. The number of imidazole rings is 1. The van der Waals surface area contributed by atoms with Gasteiger partial charge in [-0.1, -0.05) is 41.6 Å². The molecule has 1 aliphatic carbocycles. The number of amides is 1. The lowest BCUT2D eigenvalue weighted by Gasteiger charge is -2.43. The first-order chi connectivity index (χ1) is 24.9. The highest BCUT2D eigenvalue weighted by Crippen LogP contribution is 2.46. The Balaban J connectivity index is 1.32. The van der Waals surface area contributed by atoms with Crippen molar-refractivity contribution in [2.24, 2.45) is 0 Å². The molecule has 1 aliphatic heterocycles. The van der Waals surface area contributed by atoms with Gasteiger partial charge < -0.3 is 19.2 Å². The molecule has 52 heavy (non-hydrogen) atoms. The topological polar surface area (TPSA) is 134 Å². The molecule has 0 radical (unpaired) electrons. The van der Waals surface area contributed by atoms with Crippen LogP contribution in [0.4, 0.5) is 31.1 Å². The van der Waals surface area contributed by atoms with Crippen molar-refractivity contribution in [1.29, 1.82) is 5.41 Å². The first-order valence-electron chi connectivity index (χ1n) is 16.7. The lowest BCUT2D eigenvalue weighted by molar-refractivity contribution is -0.140. The summed E-state index contributed by atoms with van der Waals surface area (Å²) in [5.41, 5.74) is -1.67. The van der Waals surface area contributed by atoms with Gasteiger partial charge in [0, 0.05) is 26.2 Å². The molecule has 3 aromatic heterocycles. The quantitative estimate of drug-likeness (QED) is 0.189. The fraction of sp³-hybridized carbons (Fsp3) is 0.412. The number of rotatable bonds is 8. The predicted molar refractivity (Wildman–Crippen MR) is 173 cm³/mol. The second-order valence-corrected chi connectivity index (χ2v) is 12.9. The zero-order valence-electron chi connectivity index (χ0n) is 27.6. The van der Waals surface area contributed by atoms with Gasteiger partial charge in [0.1, 0.15) is 17.3 Å². The Morgan fingerprint density at radius 2 is 1.50 bits per heavy atom. The Kier molecular flexibility index (Phi) is 9.50. The number of ether oxygens (including phenoxy) is 1. The van der Waals surface area contributed by atoms with Crippen molar-refractivity contribution in [3.05, 3.63) is 101 Å². The normalized spacial score (nSPS) is 17.5. The van der Waals surface area contributed by atoms with Crippen molar-refractivity contribution >= 4 is 17.3 Å². The number of benzene rings is 2. The van der Waals surface area contributed by atoms with E-state index < -0.39 is 41.7 Å². The third-order valence-electron chi connectivity index (χ3n) is 9.63. The number of carbonyl (C=O) groups excluding carboxylic acids is 1. The molecule has 274 valence electrons. The minimum atomic E-state index is -4.86. The van der Waals surface area contributed by atoms with Gasteiger partial charge in [0.25, 0.3) is 0 Å². The van der Waals surface area contributed by atoms with Crippen LogP contribution in [0.3, 0.4) is 0 Å². The van der Waals surface area contributed by atoms with Gasteiger partial charge in [-0.2, -0.15) is 26.3 Å². The van der Waals surface area contributed by atoms with E-state index >= 15 is 0 Å². The first-order valence-corrected chi connectivity index (χ1v) is 16.7. The molecule has 2 atom stereocenters. The molecule has 2 aliphatic rings. The van der Waals surface area contributed by atoms with Crippen molar-refractivity contribution in [2.75, 3.05) is 26.2 Å². The first kappa shape index (κ1) is 35.2. The van der Waals surface area contributed by atoms with Gasteiger partial charge in [-0.15, -0.1) is 5.10 Å². The Bertz CT molecular complexity index is 2090. The highest BCUT2D eigenvalue weighted by molar-refractivity contribution is 5.68. The number of fused-ring (bicyclic) bond motifs is 1. The minimum Gasteiger partial charge on any atom is -0.446 e. The Morgan fingerprint density at radius 3 is 2.13 bits per heavy atom. The number of halogens is 6. The summed E-state index contributed by atoms with van der Waals surface area (Å²) in [4.78, 5) is 27.3. The smallest absolute Gasteiger partial charge is 0.416 e. The molecule has 4 heterocycles. The van der Waals surface area contributed by atoms with Gasteiger partial charge in [-0.3, -0.25) is 10.3 Å². The molecule has 0 unspecified atom stereocenters. The Morgan fingerprint density at radius 1 is 0.885 bits per heavy atom. The molecule has 2 N–H and O–H groups in total. The standard InChI is InChI=1S/C34H34F6N10O2/c35-33(36,37)25-11-5-3-9-23(25)28(47-13-15-48(16-14-47)32(51)52-22-7-1-2-8-22)29(24-10-4-6-12-26(24)34(38,39)40)50-18-21(45-46-50)17-49-20-44-30(41)27-31(49)43-19-42-27/h3-6,9-12,18-20,22,28-29,41H,1-2,7-8,13-17H2,(H,42,43)/t28-,29+/m0/s1. The van der Waals surface area contributed by atoms with Crippen LogP contribution >= 0.6 is 0 Å². The van der Waals surface area contributed by atoms with Gasteiger partial charge in [0.15, 0.2) is 11.1 Å². The fourth-order valence-corrected chi connectivity index (χ4v) is 7.19. The van der Waals surface area contributed by atoms with Crippen molar-refractivity contribution in [2.45, 2.75) is 62.8 Å². The van der Waals surface area contributed by atoms with Crippen LogP contribution < -0.4 is 5.49 Å². The molecule has 0 bridgehead atoms. The SMILES string of the molecule is N=c1ncn(Cc2cn([C@H](c3ccccc3C(F)(F)F)[C@H](c3ccccc3C(F)(F)F)N3CCN(C(=O)OC4CCCC4)CC3)nn2)c2nc[nH]c12. The zero-order chi connectivity index (χ0) is 36.6. The average molecular weight is 729 g/mol. The molecule has 5 aromatic rings. The van der Waals surface area contributed by atoms with Crippen molar-refractivity contribution < 1.29 is 35.9 Å².